The van der Waals surface area contributed by atoms with Crippen molar-refractivity contribution >= 4 is 27.7 Å². The zero-order valence-electron chi connectivity index (χ0n) is 10.8. The second kappa shape index (κ2) is 7.74. The third-order valence-corrected chi connectivity index (χ3v) is 2.74. The maximum absolute atomic E-state index is 12.2. The number of carbonyl (C=O) groups excluding carboxylic acids is 2. The molecule has 0 saturated heterocycles. The standard InChI is InChI=1S/C14H15BrO4/c1-3-18-9-12(14(17)19-4-2)13(16)10-5-7-11(15)8-6-10/h5-9H,3-4H2,1-2H3/b12-9-. The van der Waals surface area contributed by atoms with Crippen LogP contribution in [0.4, 0.5) is 0 Å². The number of ether oxygens (including phenoxy) is 2. The largest absolute Gasteiger partial charge is 0.500 e. The van der Waals surface area contributed by atoms with E-state index in [4.69, 9.17) is 9.47 Å². The molecule has 102 valence electrons. The average Bonchev–Trinajstić information content (AvgIpc) is 2.40. The van der Waals surface area contributed by atoms with Crippen LogP contribution < -0.4 is 0 Å². The minimum Gasteiger partial charge on any atom is -0.500 e. The molecule has 0 aliphatic carbocycles. The maximum atomic E-state index is 12.2. The predicted molar refractivity (Wildman–Crippen MR) is 74.8 cm³/mol. The van der Waals surface area contributed by atoms with Gasteiger partial charge >= 0.3 is 5.97 Å². The number of hydrogen-bond donors (Lipinski definition) is 0. The second-order valence-corrected chi connectivity index (χ2v) is 4.46. The van der Waals surface area contributed by atoms with Gasteiger partial charge in [-0.05, 0) is 38.1 Å². The van der Waals surface area contributed by atoms with Crippen LogP contribution >= 0.6 is 15.9 Å². The van der Waals surface area contributed by atoms with Gasteiger partial charge in [0.2, 0.25) is 5.78 Å². The Labute approximate surface area is 120 Å². The van der Waals surface area contributed by atoms with Gasteiger partial charge in [0.25, 0.3) is 0 Å². The molecule has 0 aliphatic rings. The molecule has 4 nitrogen and oxygen atoms in total. The Bertz CT molecular complexity index is 477. The van der Waals surface area contributed by atoms with E-state index in [1.165, 1.54) is 0 Å². The molecule has 0 radical (unpaired) electrons. The van der Waals surface area contributed by atoms with E-state index < -0.39 is 11.8 Å². The van der Waals surface area contributed by atoms with Gasteiger partial charge < -0.3 is 9.47 Å². The molecule has 0 spiro atoms. The summed E-state index contributed by atoms with van der Waals surface area (Å²) in [5.74, 6) is -1.09. The number of rotatable bonds is 6. The SMILES string of the molecule is CCO/C=C(\C(=O)OCC)C(=O)c1ccc(Br)cc1. The molecule has 0 aromatic heterocycles. The first-order chi connectivity index (χ1) is 9.10. The van der Waals surface area contributed by atoms with Gasteiger partial charge in [-0.3, -0.25) is 4.79 Å². The first kappa shape index (κ1) is 15.4. The van der Waals surface area contributed by atoms with Gasteiger partial charge in [-0.25, -0.2) is 4.79 Å². The summed E-state index contributed by atoms with van der Waals surface area (Å²) in [6, 6.07) is 6.73. The van der Waals surface area contributed by atoms with Crippen molar-refractivity contribution in [1.82, 2.24) is 0 Å². The highest BCUT2D eigenvalue weighted by Gasteiger charge is 2.21. The number of esters is 1. The van der Waals surface area contributed by atoms with Crippen LogP contribution in [-0.4, -0.2) is 25.0 Å². The Morgan fingerprint density at radius 3 is 2.32 bits per heavy atom. The molecule has 0 aliphatic heterocycles. The zero-order valence-corrected chi connectivity index (χ0v) is 12.4. The van der Waals surface area contributed by atoms with Crippen LogP contribution in [0.15, 0.2) is 40.6 Å². The molecule has 19 heavy (non-hydrogen) atoms. The van der Waals surface area contributed by atoms with Gasteiger partial charge in [-0.15, -0.1) is 0 Å². The lowest BCUT2D eigenvalue weighted by Gasteiger charge is -2.06. The van der Waals surface area contributed by atoms with E-state index in [2.05, 4.69) is 15.9 Å². The number of hydrogen-bond acceptors (Lipinski definition) is 4. The molecule has 0 atom stereocenters. The summed E-state index contributed by atoms with van der Waals surface area (Å²) in [4.78, 5) is 23.9. The molecule has 5 heteroatoms. The number of ketones is 1. The average molecular weight is 327 g/mol. The molecular weight excluding hydrogens is 312 g/mol. The van der Waals surface area contributed by atoms with E-state index in [1.54, 1.807) is 38.1 Å². The van der Waals surface area contributed by atoms with Crippen LogP contribution in [0.1, 0.15) is 24.2 Å². The van der Waals surface area contributed by atoms with E-state index in [-0.39, 0.29) is 12.2 Å². The van der Waals surface area contributed by atoms with Crippen molar-refractivity contribution in [1.29, 1.82) is 0 Å². The van der Waals surface area contributed by atoms with Gasteiger partial charge in [0, 0.05) is 10.0 Å². The first-order valence-corrected chi connectivity index (χ1v) is 6.68. The van der Waals surface area contributed by atoms with Gasteiger partial charge in [0.15, 0.2) is 0 Å². The van der Waals surface area contributed by atoms with Gasteiger partial charge in [0.05, 0.1) is 13.2 Å². The van der Waals surface area contributed by atoms with Gasteiger partial charge in [-0.1, -0.05) is 15.9 Å². The van der Waals surface area contributed by atoms with Crippen molar-refractivity contribution in [2.75, 3.05) is 13.2 Å². The quantitative estimate of drug-likeness (QED) is 0.201. The number of Topliss-reactive ketones (excluding diaryl/α,β-unsaturated/α-hetero) is 1. The third kappa shape index (κ3) is 4.52. The summed E-state index contributed by atoms with van der Waals surface area (Å²) in [6.45, 7) is 4.02. The summed E-state index contributed by atoms with van der Waals surface area (Å²) in [5, 5.41) is 0. The van der Waals surface area contributed by atoms with Gasteiger partial charge in [-0.2, -0.15) is 0 Å². The van der Waals surface area contributed by atoms with Gasteiger partial charge in [0.1, 0.15) is 11.8 Å². The van der Waals surface area contributed by atoms with E-state index in [0.29, 0.717) is 12.2 Å². The van der Waals surface area contributed by atoms with Crippen molar-refractivity contribution in [3.63, 3.8) is 0 Å². The fourth-order valence-corrected chi connectivity index (χ4v) is 1.59. The minimum atomic E-state index is -0.677. The van der Waals surface area contributed by atoms with Crippen molar-refractivity contribution in [3.05, 3.63) is 46.1 Å². The summed E-state index contributed by atoms with van der Waals surface area (Å²) in [6.07, 6.45) is 1.16. The Balaban J connectivity index is 3.00. The molecule has 0 amide bonds. The molecule has 1 rings (SSSR count). The van der Waals surface area contributed by atoms with E-state index in [0.717, 1.165) is 10.7 Å². The third-order valence-electron chi connectivity index (χ3n) is 2.21. The van der Waals surface area contributed by atoms with Crippen LogP contribution in [-0.2, 0) is 14.3 Å². The molecule has 0 unspecified atom stereocenters. The maximum Gasteiger partial charge on any atom is 0.345 e. The van der Waals surface area contributed by atoms with Crippen LogP contribution in [0.25, 0.3) is 0 Å². The molecule has 0 saturated carbocycles. The topological polar surface area (TPSA) is 52.6 Å². The number of benzene rings is 1. The lowest BCUT2D eigenvalue weighted by atomic mass is 10.0. The Hall–Kier alpha value is -1.62. The fraction of sp³-hybridized carbons (Fsp3) is 0.286. The fourth-order valence-electron chi connectivity index (χ4n) is 1.33. The minimum absolute atomic E-state index is 0.106. The van der Waals surface area contributed by atoms with Crippen molar-refractivity contribution < 1.29 is 19.1 Å². The molecule has 0 bridgehead atoms. The molecule has 0 N–H and O–H groups in total. The second-order valence-electron chi connectivity index (χ2n) is 3.54. The summed E-state index contributed by atoms with van der Waals surface area (Å²) >= 11 is 3.29. The zero-order chi connectivity index (χ0) is 14.3. The van der Waals surface area contributed by atoms with E-state index >= 15 is 0 Å². The molecule has 0 fully saturated rings. The lowest BCUT2D eigenvalue weighted by molar-refractivity contribution is -0.138. The molecule has 1 aromatic rings. The first-order valence-electron chi connectivity index (χ1n) is 5.89. The molecular formula is C14H15BrO4. The Kier molecular flexibility index (Phi) is 6.29. The van der Waals surface area contributed by atoms with Crippen molar-refractivity contribution in [2.24, 2.45) is 0 Å². The highest BCUT2D eigenvalue weighted by atomic mass is 79.9. The monoisotopic (exact) mass is 326 g/mol. The van der Waals surface area contributed by atoms with E-state index in [9.17, 15) is 9.59 Å². The number of carbonyl (C=O) groups is 2. The predicted octanol–water partition coefficient (Wildman–Crippen LogP) is 3.12. The van der Waals surface area contributed by atoms with Crippen molar-refractivity contribution in [2.45, 2.75) is 13.8 Å². The molecule has 1 aromatic carbocycles. The van der Waals surface area contributed by atoms with Crippen LogP contribution in [0.2, 0.25) is 0 Å². The van der Waals surface area contributed by atoms with E-state index in [1.807, 2.05) is 0 Å². The Morgan fingerprint density at radius 2 is 1.79 bits per heavy atom. The Morgan fingerprint density at radius 1 is 1.16 bits per heavy atom. The summed E-state index contributed by atoms with van der Waals surface area (Å²) in [5.41, 5.74) is 0.299. The normalized spacial score (nSPS) is 11.0. The highest BCUT2D eigenvalue weighted by Crippen LogP contribution is 2.15. The summed E-state index contributed by atoms with van der Waals surface area (Å²) < 4.78 is 10.7. The number of halogens is 1. The lowest BCUT2D eigenvalue weighted by Crippen LogP contribution is -2.16. The molecule has 0 heterocycles. The highest BCUT2D eigenvalue weighted by molar-refractivity contribution is 9.10. The van der Waals surface area contributed by atoms with Crippen LogP contribution in [0, 0.1) is 0 Å². The van der Waals surface area contributed by atoms with Crippen molar-refractivity contribution in [3.8, 4) is 0 Å². The van der Waals surface area contributed by atoms with Crippen LogP contribution in [0.5, 0.6) is 0 Å². The summed E-state index contributed by atoms with van der Waals surface area (Å²) in [7, 11) is 0. The smallest absolute Gasteiger partial charge is 0.345 e. The van der Waals surface area contributed by atoms with Crippen LogP contribution in [0.3, 0.4) is 0 Å².